The molecule has 1 amide bonds. The molecule has 0 aliphatic heterocycles. The van der Waals surface area contributed by atoms with E-state index in [1.165, 1.54) is 5.56 Å². The molecule has 0 saturated carbocycles. The standard InChI is InChI=1S/C19H23NO3/c1-13-9-10-17(14(2)11-13)23-15(3)19(21)20-12-16-7-5-6-8-18(16)22-4/h5-11,15H,12H2,1-4H3,(H,20,21)/t15-/m1/s1. The molecule has 2 aromatic rings. The zero-order valence-electron chi connectivity index (χ0n) is 14.1. The topological polar surface area (TPSA) is 47.6 Å². The highest BCUT2D eigenvalue weighted by atomic mass is 16.5. The molecule has 2 rings (SSSR count). The fourth-order valence-electron chi connectivity index (χ4n) is 2.35. The summed E-state index contributed by atoms with van der Waals surface area (Å²) in [6.45, 7) is 6.15. The van der Waals surface area contributed by atoms with Crippen molar-refractivity contribution in [2.24, 2.45) is 0 Å². The highest BCUT2D eigenvalue weighted by molar-refractivity contribution is 5.80. The van der Waals surface area contributed by atoms with Gasteiger partial charge in [0.05, 0.1) is 7.11 Å². The zero-order valence-corrected chi connectivity index (χ0v) is 14.1. The number of amides is 1. The number of benzene rings is 2. The molecule has 0 saturated heterocycles. The van der Waals surface area contributed by atoms with E-state index in [-0.39, 0.29) is 5.91 Å². The quantitative estimate of drug-likeness (QED) is 0.889. The Labute approximate surface area is 137 Å². The maximum absolute atomic E-state index is 12.2. The van der Waals surface area contributed by atoms with Crippen LogP contribution in [0.2, 0.25) is 0 Å². The van der Waals surface area contributed by atoms with Gasteiger partial charge >= 0.3 is 0 Å². The third-order valence-electron chi connectivity index (χ3n) is 3.65. The van der Waals surface area contributed by atoms with Crippen LogP contribution >= 0.6 is 0 Å². The van der Waals surface area contributed by atoms with Gasteiger partial charge in [-0.25, -0.2) is 0 Å². The number of nitrogens with one attached hydrogen (secondary N) is 1. The molecule has 0 heterocycles. The van der Waals surface area contributed by atoms with E-state index >= 15 is 0 Å². The van der Waals surface area contributed by atoms with Crippen LogP contribution in [-0.2, 0) is 11.3 Å². The average molecular weight is 313 g/mol. The molecule has 0 aliphatic carbocycles. The van der Waals surface area contributed by atoms with E-state index in [2.05, 4.69) is 5.32 Å². The molecule has 2 aromatic carbocycles. The van der Waals surface area contributed by atoms with E-state index in [0.717, 1.165) is 22.6 Å². The third kappa shape index (κ3) is 4.49. The summed E-state index contributed by atoms with van der Waals surface area (Å²) in [5, 5.41) is 2.88. The van der Waals surface area contributed by atoms with Gasteiger partial charge < -0.3 is 14.8 Å². The molecule has 1 N–H and O–H groups in total. The molecule has 0 fully saturated rings. The van der Waals surface area contributed by atoms with Crippen molar-refractivity contribution >= 4 is 5.91 Å². The average Bonchev–Trinajstić information content (AvgIpc) is 2.55. The summed E-state index contributed by atoms with van der Waals surface area (Å²) in [6, 6.07) is 13.5. The Morgan fingerprint density at radius 3 is 2.57 bits per heavy atom. The normalized spacial score (nSPS) is 11.7. The van der Waals surface area contributed by atoms with Gasteiger partial charge in [0.2, 0.25) is 0 Å². The minimum Gasteiger partial charge on any atom is -0.496 e. The van der Waals surface area contributed by atoms with Crippen LogP contribution in [0.25, 0.3) is 0 Å². The summed E-state index contributed by atoms with van der Waals surface area (Å²) in [6.07, 6.45) is -0.564. The molecule has 4 nitrogen and oxygen atoms in total. The highest BCUT2D eigenvalue weighted by Crippen LogP contribution is 2.20. The first-order chi connectivity index (χ1) is 11.0. The Morgan fingerprint density at radius 2 is 1.87 bits per heavy atom. The maximum Gasteiger partial charge on any atom is 0.261 e. The van der Waals surface area contributed by atoms with E-state index in [1.54, 1.807) is 14.0 Å². The van der Waals surface area contributed by atoms with Gasteiger partial charge in [-0.3, -0.25) is 4.79 Å². The van der Waals surface area contributed by atoms with Crippen LogP contribution in [0.1, 0.15) is 23.6 Å². The summed E-state index contributed by atoms with van der Waals surface area (Å²) in [4.78, 5) is 12.2. The molecule has 23 heavy (non-hydrogen) atoms. The third-order valence-corrected chi connectivity index (χ3v) is 3.65. The fourth-order valence-corrected chi connectivity index (χ4v) is 2.35. The molecular formula is C19H23NO3. The number of hydrogen-bond donors (Lipinski definition) is 1. The Balaban J connectivity index is 1.95. The van der Waals surface area contributed by atoms with Gasteiger partial charge in [0.1, 0.15) is 11.5 Å². The molecule has 0 radical (unpaired) electrons. The number of carbonyl (C=O) groups excluding carboxylic acids is 1. The van der Waals surface area contributed by atoms with Crippen molar-refractivity contribution in [3.05, 3.63) is 59.2 Å². The zero-order chi connectivity index (χ0) is 16.8. The second kappa shape index (κ2) is 7.68. The molecular weight excluding hydrogens is 290 g/mol. The van der Waals surface area contributed by atoms with E-state index in [0.29, 0.717) is 6.54 Å². The summed E-state index contributed by atoms with van der Waals surface area (Å²) in [5.74, 6) is 1.34. The molecule has 0 aliphatic rings. The molecule has 0 unspecified atom stereocenters. The van der Waals surface area contributed by atoms with Crippen LogP contribution in [0, 0.1) is 13.8 Å². The Hall–Kier alpha value is -2.49. The van der Waals surface area contributed by atoms with Crippen molar-refractivity contribution in [1.29, 1.82) is 0 Å². The van der Waals surface area contributed by atoms with Crippen molar-refractivity contribution in [3.8, 4) is 11.5 Å². The van der Waals surface area contributed by atoms with Crippen molar-refractivity contribution in [1.82, 2.24) is 5.32 Å². The molecule has 0 bridgehead atoms. The lowest BCUT2D eigenvalue weighted by Crippen LogP contribution is -2.36. The van der Waals surface area contributed by atoms with Crippen molar-refractivity contribution < 1.29 is 14.3 Å². The number of methoxy groups -OCH3 is 1. The van der Waals surface area contributed by atoms with E-state index in [4.69, 9.17) is 9.47 Å². The summed E-state index contributed by atoms with van der Waals surface area (Å²) in [7, 11) is 1.62. The van der Waals surface area contributed by atoms with Crippen LogP contribution in [-0.4, -0.2) is 19.1 Å². The lowest BCUT2D eigenvalue weighted by molar-refractivity contribution is -0.127. The minimum atomic E-state index is -0.564. The Kier molecular flexibility index (Phi) is 5.63. The van der Waals surface area contributed by atoms with Crippen LogP contribution in [0.4, 0.5) is 0 Å². The van der Waals surface area contributed by atoms with E-state index in [9.17, 15) is 4.79 Å². The number of carbonyl (C=O) groups is 1. The SMILES string of the molecule is COc1ccccc1CNC(=O)[C@@H](C)Oc1ccc(C)cc1C. The first kappa shape index (κ1) is 16.9. The smallest absolute Gasteiger partial charge is 0.261 e. The second-order valence-corrected chi connectivity index (χ2v) is 5.56. The highest BCUT2D eigenvalue weighted by Gasteiger charge is 2.16. The minimum absolute atomic E-state index is 0.157. The summed E-state index contributed by atoms with van der Waals surface area (Å²) in [5.41, 5.74) is 3.12. The maximum atomic E-state index is 12.2. The Morgan fingerprint density at radius 1 is 1.13 bits per heavy atom. The van der Waals surface area contributed by atoms with Crippen LogP contribution < -0.4 is 14.8 Å². The van der Waals surface area contributed by atoms with Gasteiger partial charge in [-0.05, 0) is 38.5 Å². The van der Waals surface area contributed by atoms with Crippen LogP contribution in [0.5, 0.6) is 11.5 Å². The van der Waals surface area contributed by atoms with Crippen molar-refractivity contribution in [2.75, 3.05) is 7.11 Å². The number of aryl methyl sites for hydroxylation is 2. The van der Waals surface area contributed by atoms with Gasteiger partial charge in [-0.1, -0.05) is 35.9 Å². The van der Waals surface area contributed by atoms with Gasteiger partial charge in [-0.2, -0.15) is 0 Å². The Bertz CT molecular complexity index is 682. The number of rotatable bonds is 6. The first-order valence-corrected chi connectivity index (χ1v) is 7.64. The lowest BCUT2D eigenvalue weighted by Gasteiger charge is -2.17. The predicted octanol–water partition coefficient (Wildman–Crippen LogP) is 3.40. The molecule has 0 spiro atoms. The lowest BCUT2D eigenvalue weighted by atomic mass is 10.1. The summed E-state index contributed by atoms with van der Waals surface area (Å²) >= 11 is 0. The molecule has 1 atom stereocenters. The van der Waals surface area contributed by atoms with Crippen LogP contribution in [0.3, 0.4) is 0 Å². The largest absolute Gasteiger partial charge is 0.496 e. The van der Waals surface area contributed by atoms with E-state index in [1.807, 2.05) is 56.3 Å². The van der Waals surface area contributed by atoms with Crippen molar-refractivity contribution in [2.45, 2.75) is 33.4 Å². The van der Waals surface area contributed by atoms with Crippen LogP contribution in [0.15, 0.2) is 42.5 Å². The monoisotopic (exact) mass is 313 g/mol. The number of hydrogen-bond acceptors (Lipinski definition) is 3. The van der Waals surface area contributed by atoms with Gasteiger partial charge in [0, 0.05) is 12.1 Å². The summed E-state index contributed by atoms with van der Waals surface area (Å²) < 4.78 is 11.0. The van der Waals surface area contributed by atoms with E-state index < -0.39 is 6.10 Å². The van der Waals surface area contributed by atoms with Gasteiger partial charge in [0.15, 0.2) is 6.10 Å². The molecule has 122 valence electrons. The first-order valence-electron chi connectivity index (χ1n) is 7.64. The number of ether oxygens (including phenoxy) is 2. The predicted molar refractivity (Wildman–Crippen MR) is 90.8 cm³/mol. The van der Waals surface area contributed by atoms with Gasteiger partial charge in [0.25, 0.3) is 5.91 Å². The molecule has 0 aromatic heterocycles. The fraction of sp³-hybridized carbons (Fsp3) is 0.316. The second-order valence-electron chi connectivity index (χ2n) is 5.56. The number of para-hydroxylation sites is 1. The van der Waals surface area contributed by atoms with Gasteiger partial charge in [-0.15, -0.1) is 0 Å². The van der Waals surface area contributed by atoms with Crippen molar-refractivity contribution in [3.63, 3.8) is 0 Å². The molecule has 4 heteroatoms.